The highest BCUT2D eigenvalue weighted by Gasteiger charge is 2.31. The van der Waals surface area contributed by atoms with E-state index in [0.29, 0.717) is 25.1 Å². The number of hydrogen-bond donors (Lipinski definition) is 0. The van der Waals surface area contributed by atoms with Gasteiger partial charge in [0.15, 0.2) is 0 Å². The van der Waals surface area contributed by atoms with Gasteiger partial charge in [-0.05, 0) is 54.8 Å². The molecule has 1 aliphatic rings. The third-order valence-corrected chi connectivity index (χ3v) is 7.51. The van der Waals surface area contributed by atoms with Crippen LogP contribution in [0, 0.1) is 0 Å². The molecule has 0 saturated heterocycles. The number of halogens is 2. The van der Waals surface area contributed by atoms with Crippen LogP contribution in [-0.4, -0.2) is 59.1 Å². The lowest BCUT2D eigenvalue weighted by Gasteiger charge is -2.25. The van der Waals surface area contributed by atoms with Gasteiger partial charge in [-0.25, -0.2) is 13.2 Å². The Morgan fingerprint density at radius 3 is 2.38 bits per heavy atom. The zero-order chi connectivity index (χ0) is 25.0. The van der Waals surface area contributed by atoms with Crippen molar-refractivity contribution in [2.75, 3.05) is 43.0 Å². The number of benzene rings is 2. The van der Waals surface area contributed by atoms with Gasteiger partial charge in [0, 0.05) is 36.4 Å². The summed E-state index contributed by atoms with van der Waals surface area (Å²) in [6, 6.07) is 8.77. The number of carbonyl (C=O) groups is 2. The molecule has 0 aliphatic carbocycles. The lowest BCUT2D eigenvalue weighted by molar-refractivity contribution is -0.141. The van der Waals surface area contributed by atoms with Crippen LogP contribution in [0.1, 0.15) is 25.3 Å². The Hall–Kier alpha value is -2.49. The fourth-order valence-electron chi connectivity index (χ4n) is 3.60. The molecule has 2 aromatic rings. The summed E-state index contributed by atoms with van der Waals surface area (Å²) in [5.74, 6) is -0.671. The van der Waals surface area contributed by atoms with Crippen molar-refractivity contribution in [3.05, 3.63) is 52.0 Å². The number of unbranched alkanes of at least 4 members (excludes halogenated alkanes) is 1. The highest BCUT2D eigenvalue weighted by molar-refractivity contribution is 7.92. The van der Waals surface area contributed by atoms with Gasteiger partial charge in [0.1, 0.15) is 6.54 Å². The van der Waals surface area contributed by atoms with Crippen LogP contribution in [0.4, 0.5) is 16.2 Å². The van der Waals surface area contributed by atoms with Crippen molar-refractivity contribution in [3.63, 3.8) is 0 Å². The molecular weight excluding hydrogens is 501 g/mol. The summed E-state index contributed by atoms with van der Waals surface area (Å²) in [5, 5.41) is 0.312. The van der Waals surface area contributed by atoms with Gasteiger partial charge < -0.3 is 9.64 Å². The monoisotopic (exact) mass is 527 g/mol. The molecular formula is C23H27Cl2N3O5S. The second kappa shape index (κ2) is 10.8. The van der Waals surface area contributed by atoms with Crippen LogP contribution >= 0.6 is 23.2 Å². The van der Waals surface area contributed by atoms with E-state index in [4.69, 9.17) is 27.9 Å². The van der Waals surface area contributed by atoms with Crippen molar-refractivity contribution in [2.45, 2.75) is 31.1 Å². The standard InChI is InChI=1S/C23H27Cl2N3O5S/c1-4-5-10-33-22(29)15-28(34(31,32)20-13-17(24)12-18(25)14-20)19-6-7-21-16(11-19)8-9-27(21)23(30)26(2)3/h6-7,11-14H,4-5,8-10,15H2,1-3H3. The van der Waals surface area contributed by atoms with E-state index < -0.39 is 22.5 Å². The third-order valence-electron chi connectivity index (χ3n) is 5.32. The number of carbonyl (C=O) groups excluding carboxylic acids is 2. The molecule has 11 heteroatoms. The zero-order valence-corrected chi connectivity index (χ0v) is 21.6. The Kier molecular flexibility index (Phi) is 8.33. The van der Waals surface area contributed by atoms with Crippen LogP contribution in [0.2, 0.25) is 10.0 Å². The minimum absolute atomic E-state index is 0.142. The number of rotatable bonds is 8. The van der Waals surface area contributed by atoms with E-state index >= 15 is 0 Å². The van der Waals surface area contributed by atoms with Gasteiger partial charge in [-0.15, -0.1) is 0 Å². The van der Waals surface area contributed by atoms with E-state index in [9.17, 15) is 18.0 Å². The maximum atomic E-state index is 13.6. The number of anilines is 2. The van der Waals surface area contributed by atoms with Crippen LogP contribution in [0.3, 0.4) is 0 Å². The van der Waals surface area contributed by atoms with E-state index in [2.05, 4.69) is 0 Å². The largest absolute Gasteiger partial charge is 0.464 e. The van der Waals surface area contributed by atoms with Gasteiger partial charge in [0.05, 0.1) is 17.2 Å². The van der Waals surface area contributed by atoms with Gasteiger partial charge in [-0.3, -0.25) is 14.0 Å². The molecule has 8 nitrogen and oxygen atoms in total. The lowest BCUT2D eigenvalue weighted by Crippen LogP contribution is -2.38. The number of hydrogen-bond acceptors (Lipinski definition) is 5. The smallest absolute Gasteiger partial charge is 0.326 e. The normalized spacial score (nSPS) is 12.9. The molecule has 34 heavy (non-hydrogen) atoms. The molecule has 1 heterocycles. The second-order valence-electron chi connectivity index (χ2n) is 8.08. The van der Waals surface area contributed by atoms with E-state index in [1.807, 2.05) is 6.92 Å². The Morgan fingerprint density at radius 2 is 1.76 bits per heavy atom. The first-order valence-corrected chi connectivity index (χ1v) is 13.0. The highest BCUT2D eigenvalue weighted by atomic mass is 35.5. The zero-order valence-electron chi connectivity index (χ0n) is 19.3. The molecule has 0 spiro atoms. The van der Waals surface area contributed by atoms with Crippen LogP contribution in [0.15, 0.2) is 41.3 Å². The van der Waals surface area contributed by atoms with Gasteiger partial charge in [0.25, 0.3) is 10.0 Å². The molecule has 0 saturated carbocycles. The van der Waals surface area contributed by atoms with E-state index in [1.165, 1.54) is 23.1 Å². The molecule has 184 valence electrons. The first-order valence-electron chi connectivity index (χ1n) is 10.8. The van der Waals surface area contributed by atoms with Gasteiger partial charge in [-0.2, -0.15) is 0 Å². The average Bonchev–Trinajstić information content (AvgIpc) is 3.19. The topological polar surface area (TPSA) is 87.2 Å². The summed E-state index contributed by atoms with van der Waals surface area (Å²) in [7, 11) is -0.871. The molecule has 0 unspecified atom stereocenters. The van der Waals surface area contributed by atoms with Crippen LogP contribution in [0.25, 0.3) is 0 Å². The van der Waals surface area contributed by atoms with Crippen molar-refractivity contribution < 1.29 is 22.7 Å². The molecule has 1 aliphatic heterocycles. The van der Waals surface area contributed by atoms with E-state index in [-0.39, 0.29) is 33.3 Å². The third kappa shape index (κ3) is 5.76. The molecule has 0 radical (unpaired) electrons. The Morgan fingerprint density at radius 1 is 1.09 bits per heavy atom. The fraction of sp³-hybridized carbons (Fsp3) is 0.391. The number of ether oxygens (including phenoxy) is 1. The Bertz CT molecular complexity index is 1170. The predicted molar refractivity (Wildman–Crippen MR) is 133 cm³/mol. The minimum Gasteiger partial charge on any atom is -0.464 e. The molecule has 2 aromatic carbocycles. The Labute approximate surface area is 210 Å². The number of nitrogens with zero attached hydrogens (tertiary/aromatic N) is 3. The maximum absolute atomic E-state index is 13.6. The summed E-state index contributed by atoms with van der Waals surface area (Å²) >= 11 is 12.1. The van der Waals surface area contributed by atoms with Crippen molar-refractivity contribution in [1.29, 1.82) is 0 Å². The summed E-state index contributed by atoms with van der Waals surface area (Å²) in [6.07, 6.45) is 2.07. The van der Waals surface area contributed by atoms with Crippen molar-refractivity contribution in [1.82, 2.24) is 4.90 Å². The SMILES string of the molecule is CCCCOC(=O)CN(c1ccc2c(c1)CCN2C(=O)N(C)C)S(=O)(=O)c1cc(Cl)cc(Cl)c1. The quantitative estimate of drug-likeness (QED) is 0.370. The van der Waals surface area contributed by atoms with Gasteiger partial charge in [-0.1, -0.05) is 36.5 Å². The van der Waals surface area contributed by atoms with Crippen LogP contribution < -0.4 is 9.21 Å². The summed E-state index contributed by atoms with van der Waals surface area (Å²) in [5.41, 5.74) is 1.79. The van der Waals surface area contributed by atoms with Crippen molar-refractivity contribution in [2.24, 2.45) is 0 Å². The number of urea groups is 1. The molecule has 0 N–H and O–H groups in total. The number of amides is 2. The fourth-order valence-corrected chi connectivity index (χ4v) is 5.72. The highest BCUT2D eigenvalue weighted by Crippen LogP contribution is 2.35. The molecule has 0 atom stereocenters. The first kappa shape index (κ1) is 26.1. The summed E-state index contributed by atoms with van der Waals surface area (Å²) in [4.78, 5) is 28.0. The molecule has 0 fully saturated rings. The van der Waals surface area contributed by atoms with Crippen LogP contribution in [0.5, 0.6) is 0 Å². The lowest BCUT2D eigenvalue weighted by atomic mass is 10.1. The van der Waals surface area contributed by atoms with Gasteiger partial charge in [0.2, 0.25) is 0 Å². The van der Waals surface area contributed by atoms with Crippen LogP contribution in [-0.2, 0) is 26.0 Å². The Balaban J connectivity index is 2.01. The van der Waals surface area contributed by atoms with Crippen molar-refractivity contribution >= 4 is 56.6 Å². The predicted octanol–water partition coefficient (Wildman–Crippen LogP) is 4.58. The van der Waals surface area contributed by atoms with E-state index in [1.54, 1.807) is 37.2 Å². The van der Waals surface area contributed by atoms with Gasteiger partial charge >= 0.3 is 12.0 Å². The summed E-state index contributed by atoms with van der Waals surface area (Å²) < 4.78 is 33.4. The maximum Gasteiger partial charge on any atom is 0.326 e. The average molecular weight is 528 g/mol. The summed E-state index contributed by atoms with van der Waals surface area (Å²) in [6.45, 7) is 2.13. The second-order valence-corrected chi connectivity index (χ2v) is 10.8. The number of sulfonamides is 1. The van der Waals surface area contributed by atoms with E-state index in [0.717, 1.165) is 16.3 Å². The molecule has 3 rings (SSSR count). The minimum atomic E-state index is -4.21. The first-order chi connectivity index (χ1) is 16.0. The number of fused-ring (bicyclic) bond motifs is 1. The number of esters is 1. The van der Waals surface area contributed by atoms with Crippen molar-refractivity contribution in [3.8, 4) is 0 Å². The molecule has 2 amide bonds. The molecule has 0 aromatic heterocycles. The molecule has 0 bridgehead atoms.